The summed E-state index contributed by atoms with van der Waals surface area (Å²) < 4.78 is 0. The van der Waals surface area contributed by atoms with Crippen molar-refractivity contribution in [2.75, 3.05) is 6.16 Å². The molecule has 13 heavy (non-hydrogen) atoms. The van der Waals surface area contributed by atoms with Gasteiger partial charge >= 0.3 is 0 Å². The summed E-state index contributed by atoms with van der Waals surface area (Å²) in [5, 5.41) is 0. The summed E-state index contributed by atoms with van der Waals surface area (Å²) in [6, 6.07) is 10.7. The van der Waals surface area contributed by atoms with Gasteiger partial charge in [0.2, 0.25) is 0 Å². The highest BCUT2D eigenvalue weighted by molar-refractivity contribution is 8.93. The molecule has 1 rings (SSSR count). The molecule has 1 atom stereocenters. The third kappa shape index (κ3) is 6.23. The lowest BCUT2D eigenvalue weighted by Crippen LogP contribution is -1.85. The van der Waals surface area contributed by atoms with E-state index in [9.17, 15) is 0 Å². The lowest BCUT2D eigenvalue weighted by Gasteiger charge is -1.99. The Hall–Kier alpha value is 0.130. The molecule has 0 spiro atoms. The molecule has 0 amide bonds. The molecule has 0 nitrogen and oxygen atoms in total. The average molecular weight is 261 g/mol. The standard InChI is InChI=1S/C11H17P.BrH/c12-10-6-2-5-9-11-7-3-1-4-8-11;/h1,3-4,7-8H,2,5-6,9-10,12H2;1H. The smallest absolute Gasteiger partial charge is 0.0279 e. The summed E-state index contributed by atoms with van der Waals surface area (Å²) in [6.07, 6.45) is 6.52. The van der Waals surface area contributed by atoms with E-state index in [0.717, 1.165) is 0 Å². The van der Waals surface area contributed by atoms with E-state index in [1.54, 1.807) is 0 Å². The van der Waals surface area contributed by atoms with E-state index in [1.165, 1.54) is 37.4 Å². The van der Waals surface area contributed by atoms with Crippen LogP contribution >= 0.6 is 26.2 Å². The maximum Gasteiger partial charge on any atom is -0.0279 e. The van der Waals surface area contributed by atoms with Crippen LogP contribution in [-0.4, -0.2) is 6.16 Å². The Morgan fingerprint density at radius 2 is 1.62 bits per heavy atom. The molecule has 0 aliphatic heterocycles. The first-order valence-electron chi connectivity index (χ1n) is 4.67. The Kier molecular flexibility index (Phi) is 8.80. The summed E-state index contributed by atoms with van der Waals surface area (Å²) in [6.45, 7) is 0. The van der Waals surface area contributed by atoms with Crippen molar-refractivity contribution in [1.82, 2.24) is 0 Å². The number of hydrogen-bond acceptors (Lipinski definition) is 0. The summed E-state index contributed by atoms with van der Waals surface area (Å²) in [7, 11) is 2.78. The number of benzene rings is 1. The SMILES string of the molecule is Br.PCCCCCc1ccccc1. The third-order valence-corrected chi connectivity index (χ3v) is 2.42. The van der Waals surface area contributed by atoms with Gasteiger partial charge in [0.25, 0.3) is 0 Å². The molecule has 0 saturated heterocycles. The van der Waals surface area contributed by atoms with Gasteiger partial charge in [0, 0.05) is 0 Å². The van der Waals surface area contributed by atoms with Crippen molar-refractivity contribution in [1.29, 1.82) is 0 Å². The minimum Gasteiger partial charge on any atom is -0.138 e. The van der Waals surface area contributed by atoms with E-state index in [-0.39, 0.29) is 17.0 Å². The molecule has 0 bridgehead atoms. The molecule has 0 aliphatic carbocycles. The Morgan fingerprint density at radius 1 is 0.923 bits per heavy atom. The van der Waals surface area contributed by atoms with Gasteiger partial charge in [-0.05, 0) is 31.0 Å². The lowest BCUT2D eigenvalue weighted by molar-refractivity contribution is 0.722. The van der Waals surface area contributed by atoms with Gasteiger partial charge in [-0.25, -0.2) is 0 Å². The molecule has 0 fully saturated rings. The predicted octanol–water partition coefficient (Wildman–Crippen LogP) is 3.85. The van der Waals surface area contributed by atoms with Gasteiger partial charge in [-0.1, -0.05) is 36.8 Å². The zero-order valence-corrected chi connectivity index (χ0v) is 10.8. The van der Waals surface area contributed by atoms with Crippen LogP contribution in [0.4, 0.5) is 0 Å². The van der Waals surface area contributed by atoms with Crippen molar-refractivity contribution < 1.29 is 0 Å². The van der Waals surface area contributed by atoms with E-state index in [1.807, 2.05) is 0 Å². The monoisotopic (exact) mass is 260 g/mol. The van der Waals surface area contributed by atoms with Crippen molar-refractivity contribution in [2.45, 2.75) is 25.7 Å². The lowest BCUT2D eigenvalue weighted by atomic mass is 10.1. The molecule has 0 heterocycles. The Balaban J connectivity index is 0.00000144. The maximum atomic E-state index is 2.78. The minimum absolute atomic E-state index is 0. The van der Waals surface area contributed by atoms with Crippen LogP contribution in [0.3, 0.4) is 0 Å². The molecule has 0 aliphatic rings. The van der Waals surface area contributed by atoms with Crippen molar-refractivity contribution in [3.63, 3.8) is 0 Å². The first-order valence-corrected chi connectivity index (χ1v) is 5.49. The average Bonchev–Trinajstić information content (AvgIpc) is 2.14. The molecule has 74 valence electrons. The van der Waals surface area contributed by atoms with Gasteiger partial charge < -0.3 is 0 Å². The number of unbranched alkanes of at least 4 members (excludes halogenated alkanes) is 2. The zero-order valence-electron chi connectivity index (χ0n) is 7.91. The topological polar surface area (TPSA) is 0 Å². The number of aryl methyl sites for hydroxylation is 1. The third-order valence-electron chi connectivity index (χ3n) is 2.01. The highest BCUT2D eigenvalue weighted by Crippen LogP contribution is 2.06. The summed E-state index contributed by atoms with van der Waals surface area (Å²) in [5.41, 5.74) is 1.47. The van der Waals surface area contributed by atoms with E-state index >= 15 is 0 Å². The molecule has 1 aromatic rings. The second kappa shape index (κ2) is 8.72. The normalized spacial score (nSPS) is 9.31. The number of halogens is 1. The van der Waals surface area contributed by atoms with Crippen LogP contribution in [0.2, 0.25) is 0 Å². The molecule has 0 saturated carbocycles. The molecule has 1 unspecified atom stereocenters. The van der Waals surface area contributed by atoms with E-state index in [2.05, 4.69) is 39.6 Å². The molecular formula is C11H18BrP. The fraction of sp³-hybridized carbons (Fsp3) is 0.455. The molecule has 2 heteroatoms. The van der Waals surface area contributed by atoms with Gasteiger partial charge in [0.05, 0.1) is 0 Å². The number of hydrogen-bond donors (Lipinski definition) is 0. The van der Waals surface area contributed by atoms with Gasteiger partial charge in [-0.15, -0.1) is 26.2 Å². The summed E-state index contributed by atoms with van der Waals surface area (Å²) in [4.78, 5) is 0. The maximum absolute atomic E-state index is 2.78. The molecule has 0 aromatic heterocycles. The van der Waals surface area contributed by atoms with Crippen LogP contribution in [0.25, 0.3) is 0 Å². The Bertz CT molecular complexity index is 199. The predicted molar refractivity (Wildman–Crippen MR) is 68.9 cm³/mol. The van der Waals surface area contributed by atoms with E-state index in [4.69, 9.17) is 0 Å². The summed E-state index contributed by atoms with van der Waals surface area (Å²) >= 11 is 0. The van der Waals surface area contributed by atoms with Crippen LogP contribution < -0.4 is 0 Å². The molecule has 0 radical (unpaired) electrons. The van der Waals surface area contributed by atoms with E-state index < -0.39 is 0 Å². The van der Waals surface area contributed by atoms with Crippen molar-refractivity contribution in [3.8, 4) is 0 Å². The molecule has 0 N–H and O–H groups in total. The quantitative estimate of drug-likeness (QED) is 0.557. The fourth-order valence-corrected chi connectivity index (χ4v) is 1.58. The van der Waals surface area contributed by atoms with Gasteiger partial charge in [-0.2, -0.15) is 0 Å². The van der Waals surface area contributed by atoms with Crippen molar-refractivity contribution in [2.24, 2.45) is 0 Å². The van der Waals surface area contributed by atoms with Gasteiger partial charge in [0.1, 0.15) is 0 Å². The van der Waals surface area contributed by atoms with Crippen LogP contribution in [0, 0.1) is 0 Å². The zero-order chi connectivity index (χ0) is 8.65. The molecular weight excluding hydrogens is 243 g/mol. The Morgan fingerprint density at radius 3 is 2.23 bits per heavy atom. The second-order valence-corrected chi connectivity index (χ2v) is 3.66. The first-order chi connectivity index (χ1) is 5.93. The molecule has 1 aromatic carbocycles. The highest BCUT2D eigenvalue weighted by atomic mass is 79.9. The number of rotatable bonds is 5. The van der Waals surface area contributed by atoms with Gasteiger partial charge in [-0.3, -0.25) is 0 Å². The van der Waals surface area contributed by atoms with Crippen LogP contribution in [-0.2, 0) is 6.42 Å². The Labute approximate surface area is 94.1 Å². The second-order valence-electron chi connectivity index (χ2n) is 3.08. The van der Waals surface area contributed by atoms with Crippen molar-refractivity contribution in [3.05, 3.63) is 35.9 Å². The fourth-order valence-electron chi connectivity index (χ4n) is 1.29. The summed E-state index contributed by atoms with van der Waals surface area (Å²) in [5.74, 6) is 0. The van der Waals surface area contributed by atoms with Crippen LogP contribution in [0.1, 0.15) is 24.8 Å². The first kappa shape index (κ1) is 13.1. The highest BCUT2D eigenvalue weighted by Gasteiger charge is 1.90. The van der Waals surface area contributed by atoms with Gasteiger partial charge in [0.15, 0.2) is 0 Å². The van der Waals surface area contributed by atoms with Crippen molar-refractivity contribution >= 4 is 26.2 Å². The minimum atomic E-state index is 0. The van der Waals surface area contributed by atoms with E-state index in [0.29, 0.717) is 0 Å². The van der Waals surface area contributed by atoms with Crippen LogP contribution in [0.5, 0.6) is 0 Å². The largest absolute Gasteiger partial charge is 0.138 e. The van der Waals surface area contributed by atoms with Crippen LogP contribution in [0.15, 0.2) is 30.3 Å².